The van der Waals surface area contributed by atoms with Gasteiger partial charge in [-0.2, -0.15) is 0 Å². The molecule has 0 bridgehead atoms. The quantitative estimate of drug-likeness (QED) is 0.522. The molecule has 2 amide bonds. The van der Waals surface area contributed by atoms with Gasteiger partial charge in [0.2, 0.25) is 5.01 Å². The highest BCUT2D eigenvalue weighted by atomic mass is 32.1. The Morgan fingerprint density at radius 2 is 1.94 bits per heavy atom. The number of anilines is 1. The van der Waals surface area contributed by atoms with Crippen LogP contribution in [0, 0.1) is 13.8 Å². The van der Waals surface area contributed by atoms with Crippen molar-refractivity contribution in [3.05, 3.63) is 69.2 Å². The van der Waals surface area contributed by atoms with Crippen molar-refractivity contribution < 1.29 is 19.1 Å². The van der Waals surface area contributed by atoms with Crippen LogP contribution in [0.4, 0.5) is 5.69 Å². The fraction of sp³-hybridized carbons (Fsp3) is 0.333. The standard InChI is InChI=1S/C24H26N4O4S/c1-15-9-16(2)11-20(10-15)32-14-21-27-28-24(33-21)23(30)26-18-6-3-5-17(12-18)22(29)25-13-19-7-4-8-31-19/h3,5-6,9-12,19H,4,7-8,13-14H2,1-2H3,(H,25,29)(H,26,30). The van der Waals surface area contributed by atoms with Gasteiger partial charge in [0.1, 0.15) is 12.4 Å². The third kappa shape index (κ3) is 6.36. The average molecular weight is 467 g/mol. The second-order valence-electron chi connectivity index (χ2n) is 7.99. The van der Waals surface area contributed by atoms with E-state index in [-0.39, 0.29) is 29.5 Å². The predicted octanol–water partition coefficient (Wildman–Crippen LogP) is 3.90. The molecule has 4 rings (SSSR count). The summed E-state index contributed by atoms with van der Waals surface area (Å²) < 4.78 is 11.3. The first kappa shape index (κ1) is 22.9. The molecule has 9 heteroatoms. The molecule has 2 N–H and O–H groups in total. The summed E-state index contributed by atoms with van der Waals surface area (Å²) in [4.78, 5) is 25.0. The van der Waals surface area contributed by atoms with Crippen LogP contribution in [-0.4, -0.2) is 41.3 Å². The first-order valence-corrected chi connectivity index (χ1v) is 11.6. The maximum Gasteiger partial charge on any atom is 0.286 e. The molecule has 2 aromatic carbocycles. The molecule has 0 saturated carbocycles. The highest BCUT2D eigenvalue weighted by molar-refractivity contribution is 7.13. The molecule has 172 valence electrons. The van der Waals surface area contributed by atoms with Crippen molar-refractivity contribution in [1.82, 2.24) is 15.5 Å². The van der Waals surface area contributed by atoms with Crippen LogP contribution in [0.2, 0.25) is 0 Å². The number of benzene rings is 2. The lowest BCUT2D eigenvalue weighted by Crippen LogP contribution is -2.31. The molecule has 1 saturated heterocycles. The smallest absolute Gasteiger partial charge is 0.286 e. The van der Waals surface area contributed by atoms with Gasteiger partial charge < -0.3 is 20.1 Å². The fourth-order valence-corrected chi connectivity index (χ4v) is 4.25. The van der Waals surface area contributed by atoms with Crippen LogP contribution in [0.15, 0.2) is 42.5 Å². The van der Waals surface area contributed by atoms with E-state index in [1.165, 1.54) is 11.3 Å². The monoisotopic (exact) mass is 466 g/mol. The van der Waals surface area contributed by atoms with Crippen LogP contribution in [-0.2, 0) is 11.3 Å². The second-order valence-corrected chi connectivity index (χ2v) is 9.06. The summed E-state index contributed by atoms with van der Waals surface area (Å²) in [5.74, 6) is 0.161. The largest absolute Gasteiger partial charge is 0.486 e. The summed E-state index contributed by atoms with van der Waals surface area (Å²) in [6.07, 6.45) is 2.05. The Balaban J connectivity index is 1.32. The van der Waals surface area contributed by atoms with Gasteiger partial charge >= 0.3 is 0 Å². The van der Waals surface area contributed by atoms with E-state index in [4.69, 9.17) is 9.47 Å². The molecule has 2 heterocycles. The molecule has 1 atom stereocenters. The lowest BCUT2D eigenvalue weighted by atomic mass is 10.1. The number of carbonyl (C=O) groups excluding carboxylic acids is 2. The van der Waals surface area contributed by atoms with Crippen molar-refractivity contribution in [3.63, 3.8) is 0 Å². The molecule has 1 fully saturated rings. The molecule has 8 nitrogen and oxygen atoms in total. The van der Waals surface area contributed by atoms with E-state index in [0.717, 1.165) is 36.3 Å². The summed E-state index contributed by atoms with van der Waals surface area (Å²) in [6.45, 7) is 5.47. The van der Waals surface area contributed by atoms with Crippen molar-refractivity contribution in [3.8, 4) is 5.75 Å². The van der Waals surface area contributed by atoms with Gasteiger partial charge in [0.25, 0.3) is 11.8 Å². The number of amides is 2. The van der Waals surface area contributed by atoms with Gasteiger partial charge in [-0.15, -0.1) is 10.2 Å². The van der Waals surface area contributed by atoms with Crippen molar-refractivity contribution >= 4 is 28.8 Å². The highest BCUT2D eigenvalue weighted by Gasteiger charge is 2.18. The number of ether oxygens (including phenoxy) is 2. The maximum atomic E-state index is 12.6. The minimum Gasteiger partial charge on any atom is -0.486 e. The summed E-state index contributed by atoms with van der Waals surface area (Å²) in [5, 5.41) is 14.5. The van der Waals surface area contributed by atoms with E-state index < -0.39 is 0 Å². The number of carbonyl (C=O) groups is 2. The SMILES string of the molecule is Cc1cc(C)cc(OCc2nnc(C(=O)Nc3cccc(C(=O)NCC4CCCO4)c3)s2)c1. The molecule has 33 heavy (non-hydrogen) atoms. The van der Waals surface area contributed by atoms with E-state index in [1.54, 1.807) is 24.3 Å². The molecule has 3 aromatic rings. The first-order chi connectivity index (χ1) is 16.0. The molecule has 1 unspecified atom stereocenters. The number of hydrogen-bond donors (Lipinski definition) is 2. The highest BCUT2D eigenvalue weighted by Crippen LogP contribution is 2.20. The van der Waals surface area contributed by atoms with Crippen molar-refractivity contribution in [2.45, 2.75) is 39.4 Å². The Kier molecular flexibility index (Phi) is 7.31. The normalized spacial score (nSPS) is 15.3. The predicted molar refractivity (Wildman–Crippen MR) is 126 cm³/mol. The molecule has 1 aromatic heterocycles. The minimum absolute atomic E-state index is 0.0716. The summed E-state index contributed by atoms with van der Waals surface area (Å²) >= 11 is 1.17. The molecule has 1 aliphatic heterocycles. The van der Waals surface area contributed by atoms with Gasteiger partial charge in [-0.05, 0) is 68.1 Å². The zero-order chi connectivity index (χ0) is 23.2. The summed E-state index contributed by atoms with van der Waals surface area (Å²) in [5.41, 5.74) is 3.20. The Hall–Kier alpha value is -3.30. The number of nitrogens with one attached hydrogen (secondary N) is 2. The van der Waals surface area contributed by atoms with Crippen molar-refractivity contribution in [2.24, 2.45) is 0 Å². The average Bonchev–Trinajstić information content (AvgIpc) is 3.48. The molecule has 1 aliphatic rings. The number of nitrogens with zero attached hydrogens (tertiary/aromatic N) is 2. The van der Waals surface area contributed by atoms with Crippen LogP contribution in [0.25, 0.3) is 0 Å². The molecule has 0 spiro atoms. The number of aromatic nitrogens is 2. The van der Waals surface area contributed by atoms with Crippen LogP contribution in [0.1, 0.15) is 49.1 Å². The van der Waals surface area contributed by atoms with Gasteiger partial charge in [-0.3, -0.25) is 9.59 Å². The van der Waals surface area contributed by atoms with E-state index in [0.29, 0.717) is 22.8 Å². The Labute approximate surface area is 196 Å². The van der Waals surface area contributed by atoms with E-state index in [2.05, 4.69) is 26.9 Å². The fourth-order valence-electron chi connectivity index (χ4n) is 3.60. The number of rotatable bonds is 8. The zero-order valence-corrected chi connectivity index (χ0v) is 19.4. The zero-order valence-electron chi connectivity index (χ0n) is 18.6. The molecular weight excluding hydrogens is 440 g/mol. The Morgan fingerprint density at radius 1 is 1.12 bits per heavy atom. The topological polar surface area (TPSA) is 102 Å². The van der Waals surface area contributed by atoms with Gasteiger partial charge in [-0.25, -0.2) is 0 Å². The summed E-state index contributed by atoms with van der Waals surface area (Å²) in [7, 11) is 0. The van der Waals surface area contributed by atoms with Gasteiger partial charge in [-0.1, -0.05) is 23.5 Å². The molecule has 0 aliphatic carbocycles. The number of hydrogen-bond acceptors (Lipinski definition) is 7. The Bertz CT molecular complexity index is 1120. The van der Waals surface area contributed by atoms with Crippen LogP contribution in [0.3, 0.4) is 0 Å². The molecule has 0 radical (unpaired) electrons. The lowest BCUT2D eigenvalue weighted by molar-refractivity contribution is 0.0857. The van der Waals surface area contributed by atoms with Crippen molar-refractivity contribution in [1.29, 1.82) is 0 Å². The first-order valence-electron chi connectivity index (χ1n) is 10.8. The third-order valence-corrected chi connectivity index (χ3v) is 6.01. The van der Waals surface area contributed by atoms with Crippen molar-refractivity contribution in [2.75, 3.05) is 18.5 Å². The third-order valence-electron chi connectivity index (χ3n) is 5.12. The molecular formula is C24H26N4O4S. The minimum atomic E-state index is -0.387. The van der Waals surface area contributed by atoms with E-state index in [9.17, 15) is 9.59 Å². The Morgan fingerprint density at radius 3 is 2.70 bits per heavy atom. The summed E-state index contributed by atoms with van der Waals surface area (Å²) in [6, 6.07) is 12.8. The van der Waals surface area contributed by atoms with E-state index in [1.807, 2.05) is 26.0 Å². The van der Waals surface area contributed by atoms with Gasteiger partial charge in [0.05, 0.1) is 6.10 Å². The van der Waals surface area contributed by atoms with E-state index >= 15 is 0 Å². The second kappa shape index (κ2) is 10.5. The number of aryl methyl sites for hydroxylation is 2. The van der Waals surface area contributed by atoms with Gasteiger partial charge in [0, 0.05) is 24.4 Å². The van der Waals surface area contributed by atoms with Crippen LogP contribution in [0.5, 0.6) is 5.75 Å². The van der Waals surface area contributed by atoms with Crippen LogP contribution >= 0.6 is 11.3 Å². The van der Waals surface area contributed by atoms with Crippen LogP contribution < -0.4 is 15.4 Å². The van der Waals surface area contributed by atoms with Gasteiger partial charge in [0.15, 0.2) is 5.01 Å². The lowest BCUT2D eigenvalue weighted by Gasteiger charge is -2.11. The maximum absolute atomic E-state index is 12.6.